The van der Waals surface area contributed by atoms with Crippen molar-refractivity contribution in [1.82, 2.24) is 0 Å². The number of nitrogens with one attached hydrogen (secondary N) is 2. The van der Waals surface area contributed by atoms with Crippen molar-refractivity contribution < 1.29 is 19.1 Å². The van der Waals surface area contributed by atoms with Crippen LogP contribution >= 0.6 is 0 Å². The molecule has 6 heteroatoms. The van der Waals surface area contributed by atoms with Gasteiger partial charge in [-0.05, 0) is 73.5 Å². The third kappa shape index (κ3) is 5.38. The van der Waals surface area contributed by atoms with E-state index in [0.29, 0.717) is 22.7 Å². The van der Waals surface area contributed by atoms with Crippen LogP contribution in [0.5, 0.6) is 11.5 Å². The van der Waals surface area contributed by atoms with Crippen LogP contribution in [0.1, 0.15) is 21.5 Å². The third-order valence-electron chi connectivity index (χ3n) is 4.62. The van der Waals surface area contributed by atoms with Gasteiger partial charge in [-0.2, -0.15) is 0 Å². The molecule has 2 N–H and O–H groups in total. The number of amides is 2. The number of carbonyl (C=O) groups excluding carboxylic acids is 2. The Bertz CT molecular complexity index is 1050. The lowest BCUT2D eigenvalue weighted by Crippen LogP contribution is -2.20. The number of carbonyl (C=O) groups is 2. The summed E-state index contributed by atoms with van der Waals surface area (Å²) in [7, 11) is 1.52. The number of ether oxygens (including phenoxy) is 2. The van der Waals surface area contributed by atoms with Crippen molar-refractivity contribution in [1.29, 1.82) is 0 Å². The maximum absolute atomic E-state index is 12.4. The first-order valence-corrected chi connectivity index (χ1v) is 9.50. The fraction of sp³-hybridized carbons (Fsp3) is 0.167. The van der Waals surface area contributed by atoms with E-state index in [1.165, 1.54) is 12.7 Å². The topological polar surface area (TPSA) is 76.7 Å². The maximum Gasteiger partial charge on any atom is 0.262 e. The van der Waals surface area contributed by atoms with E-state index in [9.17, 15) is 9.59 Å². The van der Waals surface area contributed by atoms with Gasteiger partial charge in [-0.25, -0.2) is 0 Å². The molecule has 30 heavy (non-hydrogen) atoms. The molecule has 0 atom stereocenters. The molecular formula is C24H24N2O4. The molecule has 0 aromatic heterocycles. The number of rotatable bonds is 7. The van der Waals surface area contributed by atoms with Gasteiger partial charge in [-0.3, -0.25) is 9.59 Å². The van der Waals surface area contributed by atoms with Crippen molar-refractivity contribution in [3.63, 3.8) is 0 Å². The highest BCUT2D eigenvalue weighted by molar-refractivity contribution is 6.06. The van der Waals surface area contributed by atoms with Gasteiger partial charge < -0.3 is 20.1 Å². The molecule has 0 heterocycles. The van der Waals surface area contributed by atoms with E-state index in [0.717, 1.165) is 11.3 Å². The van der Waals surface area contributed by atoms with E-state index >= 15 is 0 Å². The molecule has 0 aliphatic rings. The number of aryl methyl sites for hydroxylation is 2. The second-order valence-electron chi connectivity index (χ2n) is 6.81. The van der Waals surface area contributed by atoms with Crippen molar-refractivity contribution in [2.45, 2.75) is 13.8 Å². The molecule has 6 nitrogen and oxygen atoms in total. The van der Waals surface area contributed by atoms with Crippen LogP contribution in [0.15, 0.2) is 66.7 Å². The highest BCUT2D eigenvalue weighted by atomic mass is 16.5. The van der Waals surface area contributed by atoms with Crippen LogP contribution in [0.4, 0.5) is 11.4 Å². The van der Waals surface area contributed by atoms with E-state index in [4.69, 9.17) is 9.47 Å². The van der Waals surface area contributed by atoms with Crippen LogP contribution in [-0.4, -0.2) is 25.5 Å². The van der Waals surface area contributed by atoms with Gasteiger partial charge in [0.05, 0.1) is 12.7 Å². The number of methoxy groups -OCH3 is 1. The van der Waals surface area contributed by atoms with Gasteiger partial charge >= 0.3 is 0 Å². The van der Waals surface area contributed by atoms with Crippen LogP contribution in [0.2, 0.25) is 0 Å². The molecule has 0 aliphatic heterocycles. The largest absolute Gasteiger partial charge is 0.496 e. The Balaban J connectivity index is 1.53. The summed E-state index contributed by atoms with van der Waals surface area (Å²) in [4.78, 5) is 24.5. The Kier molecular flexibility index (Phi) is 6.70. The highest BCUT2D eigenvalue weighted by Crippen LogP contribution is 2.21. The molecular weight excluding hydrogens is 380 g/mol. The smallest absolute Gasteiger partial charge is 0.262 e. The second kappa shape index (κ2) is 9.60. The fourth-order valence-corrected chi connectivity index (χ4v) is 2.83. The van der Waals surface area contributed by atoms with E-state index in [1.807, 2.05) is 32.0 Å². The van der Waals surface area contributed by atoms with Crippen LogP contribution in [0.25, 0.3) is 0 Å². The van der Waals surface area contributed by atoms with Gasteiger partial charge in [0.1, 0.15) is 11.5 Å². The molecule has 3 aromatic carbocycles. The Morgan fingerprint density at radius 1 is 0.833 bits per heavy atom. The monoisotopic (exact) mass is 404 g/mol. The first-order chi connectivity index (χ1) is 14.5. The normalized spacial score (nSPS) is 10.2. The van der Waals surface area contributed by atoms with Crippen molar-refractivity contribution in [3.8, 4) is 11.5 Å². The third-order valence-corrected chi connectivity index (χ3v) is 4.62. The first kappa shape index (κ1) is 20.9. The van der Waals surface area contributed by atoms with Crippen molar-refractivity contribution in [2.75, 3.05) is 24.4 Å². The number of hydrogen-bond acceptors (Lipinski definition) is 4. The zero-order valence-corrected chi connectivity index (χ0v) is 17.2. The fourth-order valence-electron chi connectivity index (χ4n) is 2.83. The summed E-state index contributed by atoms with van der Waals surface area (Å²) in [6.45, 7) is 3.90. The highest BCUT2D eigenvalue weighted by Gasteiger charge is 2.12. The lowest BCUT2D eigenvalue weighted by molar-refractivity contribution is -0.118. The Morgan fingerprint density at radius 3 is 2.23 bits per heavy atom. The first-order valence-electron chi connectivity index (χ1n) is 9.50. The Hall–Kier alpha value is -3.80. The van der Waals surface area contributed by atoms with E-state index < -0.39 is 0 Å². The quantitative estimate of drug-likeness (QED) is 0.604. The summed E-state index contributed by atoms with van der Waals surface area (Å²) >= 11 is 0. The van der Waals surface area contributed by atoms with Crippen LogP contribution in [-0.2, 0) is 4.79 Å². The predicted molar refractivity (Wildman–Crippen MR) is 117 cm³/mol. The van der Waals surface area contributed by atoms with E-state index in [1.54, 1.807) is 48.5 Å². The summed E-state index contributed by atoms with van der Waals surface area (Å²) < 4.78 is 10.7. The zero-order chi connectivity index (χ0) is 21.5. The SMILES string of the molecule is COc1ccccc1C(=O)Nc1ccc(OCC(=O)Nc2ccc(C)c(C)c2)cc1. The average molecular weight is 404 g/mol. The van der Waals surface area contributed by atoms with Gasteiger partial charge in [0.25, 0.3) is 11.8 Å². The van der Waals surface area contributed by atoms with Crippen molar-refractivity contribution in [2.24, 2.45) is 0 Å². The Morgan fingerprint density at radius 2 is 1.53 bits per heavy atom. The summed E-state index contributed by atoms with van der Waals surface area (Å²) in [5, 5.41) is 5.63. The molecule has 0 bridgehead atoms. The molecule has 154 valence electrons. The van der Waals surface area contributed by atoms with E-state index in [-0.39, 0.29) is 18.4 Å². The molecule has 0 saturated carbocycles. The summed E-state index contributed by atoms with van der Waals surface area (Å²) in [6.07, 6.45) is 0. The summed E-state index contributed by atoms with van der Waals surface area (Å²) in [5.74, 6) is 0.519. The molecule has 0 radical (unpaired) electrons. The lowest BCUT2D eigenvalue weighted by Gasteiger charge is -2.11. The van der Waals surface area contributed by atoms with Crippen LogP contribution < -0.4 is 20.1 Å². The summed E-state index contributed by atoms with van der Waals surface area (Å²) in [5.41, 5.74) is 4.07. The maximum atomic E-state index is 12.4. The minimum atomic E-state index is -0.270. The Labute approximate surface area is 175 Å². The number of para-hydroxylation sites is 1. The molecule has 0 unspecified atom stereocenters. The molecule has 0 spiro atoms. The summed E-state index contributed by atoms with van der Waals surface area (Å²) in [6, 6.07) is 19.6. The van der Waals surface area contributed by atoms with Crippen LogP contribution in [0, 0.1) is 13.8 Å². The van der Waals surface area contributed by atoms with E-state index in [2.05, 4.69) is 10.6 Å². The number of anilines is 2. The van der Waals surface area contributed by atoms with Crippen molar-refractivity contribution in [3.05, 3.63) is 83.4 Å². The molecule has 3 aromatic rings. The minimum absolute atomic E-state index is 0.111. The average Bonchev–Trinajstić information content (AvgIpc) is 2.75. The van der Waals surface area contributed by atoms with Crippen molar-refractivity contribution >= 4 is 23.2 Å². The van der Waals surface area contributed by atoms with Gasteiger partial charge in [-0.1, -0.05) is 18.2 Å². The predicted octanol–water partition coefficient (Wildman–Crippen LogP) is 4.58. The van der Waals surface area contributed by atoms with Gasteiger partial charge in [0.15, 0.2) is 6.61 Å². The number of hydrogen-bond donors (Lipinski definition) is 2. The van der Waals surface area contributed by atoms with Gasteiger partial charge in [-0.15, -0.1) is 0 Å². The standard InChI is InChI=1S/C24H24N2O4/c1-16-8-9-19(14-17(16)2)25-23(27)15-30-20-12-10-18(11-13-20)26-24(28)21-6-4-5-7-22(21)29-3/h4-14H,15H2,1-3H3,(H,25,27)(H,26,28). The molecule has 0 fully saturated rings. The molecule has 3 rings (SSSR count). The molecule has 0 saturated heterocycles. The number of benzene rings is 3. The second-order valence-corrected chi connectivity index (χ2v) is 6.81. The molecule has 2 amide bonds. The van der Waals surface area contributed by atoms with Gasteiger partial charge in [0.2, 0.25) is 0 Å². The zero-order valence-electron chi connectivity index (χ0n) is 17.2. The minimum Gasteiger partial charge on any atom is -0.496 e. The van der Waals surface area contributed by atoms with Gasteiger partial charge in [0, 0.05) is 11.4 Å². The van der Waals surface area contributed by atoms with Crippen LogP contribution in [0.3, 0.4) is 0 Å². The molecule has 0 aliphatic carbocycles. The lowest BCUT2D eigenvalue weighted by atomic mass is 10.1.